The van der Waals surface area contributed by atoms with Crippen LogP contribution in [0.15, 0.2) is 0 Å². The molecule has 0 aromatic rings. The van der Waals surface area contributed by atoms with Crippen molar-refractivity contribution in [3.8, 4) is 0 Å². The first kappa shape index (κ1) is 10.9. The van der Waals surface area contributed by atoms with Gasteiger partial charge in [0.1, 0.15) is 6.61 Å². The number of methoxy groups -OCH3 is 1. The first-order valence-electron chi connectivity index (χ1n) is 3.31. The Bertz CT molecular complexity index is 160. The zero-order valence-electron chi connectivity index (χ0n) is 7.05. The largest absolute Gasteiger partial charge is 0.375 e. The van der Waals surface area contributed by atoms with Gasteiger partial charge >= 0.3 is 0 Å². The first-order chi connectivity index (χ1) is 5.70. The molecule has 0 fully saturated rings. The number of nitrogens with one attached hydrogen (secondary N) is 2. The average molecular weight is 176 g/mol. The maximum absolute atomic E-state index is 10.6. The molecule has 0 aromatic carbocycles. The number of ether oxygens (including phenoxy) is 1. The second-order valence-corrected chi connectivity index (χ2v) is 1.92. The van der Waals surface area contributed by atoms with Crippen LogP contribution in [0, 0.1) is 0 Å². The van der Waals surface area contributed by atoms with Crippen LogP contribution in [0.1, 0.15) is 0 Å². The Morgan fingerprint density at radius 1 is 1.25 bits per heavy atom. The van der Waals surface area contributed by atoms with Gasteiger partial charge in [0.2, 0.25) is 5.91 Å². The average Bonchev–Trinajstić information content (AvgIpc) is 2.04. The minimum absolute atomic E-state index is 0.0895. The Labute approximate surface area is 70.2 Å². The molecule has 0 bridgehead atoms. The first-order valence-corrected chi connectivity index (χ1v) is 3.31. The normalized spacial score (nSPS) is 9.17. The smallest absolute Gasteiger partial charge is 0.269 e. The Balaban J connectivity index is 3.30. The predicted molar refractivity (Wildman–Crippen MR) is 40.0 cm³/mol. The summed E-state index contributed by atoms with van der Waals surface area (Å²) in [5, 5.41) is 2.32. The Hall–Kier alpha value is -1.14. The summed E-state index contributed by atoms with van der Waals surface area (Å²) in [5.74, 6) is -0.742. The van der Waals surface area contributed by atoms with Crippen molar-refractivity contribution in [2.24, 2.45) is 0 Å². The lowest BCUT2D eigenvalue weighted by molar-refractivity contribution is -0.141. The molecule has 0 atom stereocenters. The van der Waals surface area contributed by atoms with Crippen molar-refractivity contribution in [2.75, 3.05) is 27.4 Å². The summed E-state index contributed by atoms with van der Waals surface area (Å²) in [6.07, 6.45) is 0. The van der Waals surface area contributed by atoms with E-state index in [0.29, 0.717) is 0 Å². The molecule has 0 aliphatic heterocycles. The minimum Gasteiger partial charge on any atom is -0.375 e. The van der Waals surface area contributed by atoms with Crippen LogP contribution in [-0.2, 0) is 19.2 Å². The number of hydrogen-bond acceptors (Lipinski definition) is 4. The van der Waals surface area contributed by atoms with E-state index >= 15 is 0 Å². The minimum atomic E-state index is -0.429. The number of carbonyl (C=O) groups is 2. The van der Waals surface area contributed by atoms with Crippen molar-refractivity contribution in [1.82, 2.24) is 10.8 Å². The van der Waals surface area contributed by atoms with Gasteiger partial charge < -0.3 is 10.1 Å². The third-order valence-corrected chi connectivity index (χ3v) is 0.944. The van der Waals surface area contributed by atoms with E-state index in [1.54, 1.807) is 0 Å². The van der Waals surface area contributed by atoms with Gasteiger partial charge in [0.15, 0.2) is 6.61 Å². The van der Waals surface area contributed by atoms with Crippen LogP contribution in [-0.4, -0.2) is 39.2 Å². The standard InChI is InChI=1S/C6H12N2O4/c1-7-5(9)4-12-8-6(10)3-11-2/h3-4H2,1-2H3,(H,7,9)(H,8,10). The van der Waals surface area contributed by atoms with Crippen LogP contribution in [0.5, 0.6) is 0 Å². The molecule has 12 heavy (non-hydrogen) atoms. The van der Waals surface area contributed by atoms with E-state index in [4.69, 9.17) is 0 Å². The lowest BCUT2D eigenvalue weighted by Gasteiger charge is -2.03. The summed E-state index contributed by atoms with van der Waals surface area (Å²) in [5.41, 5.74) is 2.02. The van der Waals surface area contributed by atoms with Gasteiger partial charge in [0.05, 0.1) is 0 Å². The third-order valence-electron chi connectivity index (χ3n) is 0.944. The molecule has 6 nitrogen and oxygen atoms in total. The maximum Gasteiger partial charge on any atom is 0.269 e. The molecule has 0 heterocycles. The lowest BCUT2D eigenvalue weighted by atomic mass is 10.6. The fourth-order valence-electron chi connectivity index (χ4n) is 0.415. The van der Waals surface area contributed by atoms with Crippen LogP contribution < -0.4 is 10.8 Å². The summed E-state index contributed by atoms with van der Waals surface area (Å²) in [6, 6.07) is 0. The molecule has 0 aromatic heterocycles. The molecule has 0 radical (unpaired) electrons. The molecular weight excluding hydrogens is 164 g/mol. The molecule has 0 rings (SSSR count). The fourth-order valence-corrected chi connectivity index (χ4v) is 0.415. The Morgan fingerprint density at radius 2 is 1.92 bits per heavy atom. The third kappa shape index (κ3) is 5.63. The van der Waals surface area contributed by atoms with E-state index in [1.807, 2.05) is 5.48 Å². The number of rotatable bonds is 5. The fraction of sp³-hybridized carbons (Fsp3) is 0.667. The molecule has 70 valence electrons. The molecular formula is C6H12N2O4. The number of hydrogen-bond donors (Lipinski definition) is 2. The van der Waals surface area contributed by atoms with E-state index in [1.165, 1.54) is 14.2 Å². The molecule has 0 unspecified atom stereocenters. The van der Waals surface area contributed by atoms with Gasteiger partial charge in [-0.3, -0.25) is 14.4 Å². The van der Waals surface area contributed by atoms with E-state index in [0.717, 1.165) is 0 Å². The van der Waals surface area contributed by atoms with Gasteiger partial charge in [-0.2, -0.15) is 0 Å². The van der Waals surface area contributed by atoms with Crippen molar-refractivity contribution >= 4 is 11.8 Å². The van der Waals surface area contributed by atoms with E-state index in [2.05, 4.69) is 14.9 Å². The number of amides is 2. The van der Waals surface area contributed by atoms with Crippen molar-refractivity contribution < 1.29 is 19.2 Å². The van der Waals surface area contributed by atoms with E-state index < -0.39 is 5.91 Å². The van der Waals surface area contributed by atoms with Gasteiger partial charge in [-0.1, -0.05) is 0 Å². The summed E-state index contributed by atoms with van der Waals surface area (Å²) >= 11 is 0. The number of hydroxylamine groups is 1. The Kier molecular flexibility index (Phi) is 5.94. The number of carbonyl (C=O) groups excluding carboxylic acids is 2. The highest BCUT2D eigenvalue weighted by Crippen LogP contribution is 1.71. The Morgan fingerprint density at radius 3 is 2.42 bits per heavy atom. The van der Waals surface area contributed by atoms with Crippen molar-refractivity contribution in [3.05, 3.63) is 0 Å². The van der Waals surface area contributed by atoms with Gasteiger partial charge in [-0.05, 0) is 0 Å². The molecule has 2 N–H and O–H groups in total. The highest BCUT2D eigenvalue weighted by atomic mass is 16.7. The van der Waals surface area contributed by atoms with Crippen LogP contribution in [0.3, 0.4) is 0 Å². The summed E-state index contributed by atoms with van der Waals surface area (Å²) in [4.78, 5) is 25.7. The quantitative estimate of drug-likeness (QED) is 0.496. The maximum atomic E-state index is 10.6. The molecule has 6 heteroatoms. The topological polar surface area (TPSA) is 76.7 Å². The van der Waals surface area contributed by atoms with Gasteiger partial charge in [-0.15, -0.1) is 0 Å². The van der Waals surface area contributed by atoms with Crippen molar-refractivity contribution in [2.45, 2.75) is 0 Å². The summed E-state index contributed by atoms with van der Waals surface area (Å²) in [6.45, 7) is -0.292. The monoisotopic (exact) mass is 176 g/mol. The highest BCUT2D eigenvalue weighted by molar-refractivity contribution is 5.78. The van der Waals surface area contributed by atoms with Gasteiger partial charge in [0, 0.05) is 14.2 Å². The number of likely N-dealkylation sites (N-methyl/N-ethyl adjacent to an activating group) is 1. The second-order valence-electron chi connectivity index (χ2n) is 1.92. The van der Waals surface area contributed by atoms with E-state index in [-0.39, 0.29) is 19.1 Å². The molecule has 0 aliphatic carbocycles. The molecule has 0 spiro atoms. The van der Waals surface area contributed by atoms with Crippen molar-refractivity contribution in [1.29, 1.82) is 0 Å². The van der Waals surface area contributed by atoms with E-state index in [9.17, 15) is 9.59 Å². The lowest BCUT2D eigenvalue weighted by Crippen LogP contribution is -2.32. The van der Waals surface area contributed by atoms with Crippen LogP contribution in [0.4, 0.5) is 0 Å². The molecule has 2 amide bonds. The summed E-state index contributed by atoms with van der Waals surface area (Å²) in [7, 11) is 2.86. The highest BCUT2D eigenvalue weighted by Gasteiger charge is 2.01. The molecule has 0 aliphatic rings. The SMILES string of the molecule is CNC(=O)CONC(=O)COC. The zero-order chi connectivity index (χ0) is 9.40. The van der Waals surface area contributed by atoms with Gasteiger partial charge in [-0.25, -0.2) is 5.48 Å². The van der Waals surface area contributed by atoms with Crippen LogP contribution in [0.25, 0.3) is 0 Å². The second kappa shape index (κ2) is 6.56. The van der Waals surface area contributed by atoms with Crippen LogP contribution in [0.2, 0.25) is 0 Å². The van der Waals surface area contributed by atoms with Crippen LogP contribution >= 0.6 is 0 Å². The zero-order valence-corrected chi connectivity index (χ0v) is 7.05. The molecule has 0 saturated carbocycles. The summed E-state index contributed by atoms with van der Waals surface area (Å²) < 4.78 is 4.49. The van der Waals surface area contributed by atoms with Crippen molar-refractivity contribution in [3.63, 3.8) is 0 Å². The molecule has 0 saturated heterocycles. The van der Waals surface area contributed by atoms with Gasteiger partial charge in [0.25, 0.3) is 5.91 Å². The predicted octanol–water partition coefficient (Wildman–Crippen LogP) is -1.57.